The van der Waals surface area contributed by atoms with Gasteiger partial charge in [-0.25, -0.2) is 0 Å². The van der Waals surface area contributed by atoms with Crippen molar-refractivity contribution in [3.05, 3.63) is 29.8 Å². The number of carbonyl (C=O) groups excluding carboxylic acids is 2. The van der Waals surface area contributed by atoms with Gasteiger partial charge in [-0.15, -0.1) is 0 Å². The van der Waals surface area contributed by atoms with Crippen LogP contribution in [0.2, 0.25) is 0 Å². The number of anilines is 1. The second-order valence-corrected chi connectivity index (χ2v) is 5.27. The van der Waals surface area contributed by atoms with E-state index in [0.717, 1.165) is 13.0 Å². The van der Waals surface area contributed by atoms with E-state index >= 15 is 0 Å². The van der Waals surface area contributed by atoms with Gasteiger partial charge in [0, 0.05) is 19.2 Å². The maximum atomic E-state index is 11.9. The fraction of sp³-hybridized carbons (Fsp3) is 0.438. The molecule has 0 aromatic heterocycles. The summed E-state index contributed by atoms with van der Waals surface area (Å²) in [5.41, 5.74) is 1.12. The van der Waals surface area contributed by atoms with E-state index in [4.69, 9.17) is 5.26 Å². The van der Waals surface area contributed by atoms with E-state index in [1.165, 1.54) is 11.8 Å². The number of hydrogen-bond acceptors (Lipinski definition) is 4. The molecule has 1 rings (SSSR count). The van der Waals surface area contributed by atoms with Gasteiger partial charge in [-0.05, 0) is 51.3 Å². The number of amides is 2. The summed E-state index contributed by atoms with van der Waals surface area (Å²) in [5.74, 6) is -0.411. The zero-order valence-corrected chi connectivity index (χ0v) is 13.3. The van der Waals surface area contributed by atoms with Crippen molar-refractivity contribution in [3.63, 3.8) is 0 Å². The predicted molar refractivity (Wildman–Crippen MR) is 85.4 cm³/mol. The Bertz CT molecular complexity index is 546. The van der Waals surface area contributed by atoms with Crippen LogP contribution in [0.3, 0.4) is 0 Å². The molecule has 6 nitrogen and oxygen atoms in total. The average Bonchev–Trinajstić information content (AvgIpc) is 2.49. The van der Waals surface area contributed by atoms with Crippen LogP contribution in [0.5, 0.6) is 0 Å². The van der Waals surface area contributed by atoms with Gasteiger partial charge < -0.3 is 15.1 Å². The highest BCUT2D eigenvalue weighted by Gasteiger charge is 2.15. The summed E-state index contributed by atoms with van der Waals surface area (Å²) in [4.78, 5) is 27.1. The zero-order valence-electron chi connectivity index (χ0n) is 13.3. The molecule has 22 heavy (non-hydrogen) atoms. The highest BCUT2D eigenvalue weighted by Crippen LogP contribution is 2.15. The first kappa shape index (κ1) is 17.7. The molecule has 0 saturated carbocycles. The molecular formula is C16H22N4O2. The van der Waals surface area contributed by atoms with Gasteiger partial charge in [0.15, 0.2) is 0 Å². The van der Waals surface area contributed by atoms with Crippen molar-refractivity contribution in [2.24, 2.45) is 0 Å². The Balaban J connectivity index is 2.58. The van der Waals surface area contributed by atoms with Crippen LogP contribution in [0.15, 0.2) is 24.3 Å². The van der Waals surface area contributed by atoms with Crippen LogP contribution in [-0.2, 0) is 9.59 Å². The lowest BCUT2D eigenvalue weighted by atomic mass is 10.2. The Kier molecular flexibility index (Phi) is 7.06. The highest BCUT2D eigenvalue weighted by atomic mass is 16.2. The second kappa shape index (κ2) is 8.80. The van der Waals surface area contributed by atoms with Gasteiger partial charge in [0.25, 0.3) is 0 Å². The summed E-state index contributed by atoms with van der Waals surface area (Å²) in [6, 6.07) is 8.60. The molecule has 1 N–H and O–H groups in total. The first-order valence-corrected chi connectivity index (χ1v) is 7.13. The van der Waals surface area contributed by atoms with Gasteiger partial charge in [-0.2, -0.15) is 5.26 Å². The predicted octanol–water partition coefficient (Wildman–Crippen LogP) is 0.979. The van der Waals surface area contributed by atoms with Crippen molar-refractivity contribution >= 4 is 17.5 Å². The van der Waals surface area contributed by atoms with E-state index < -0.39 is 0 Å². The quantitative estimate of drug-likeness (QED) is 0.762. The molecule has 0 radical (unpaired) electrons. The lowest BCUT2D eigenvalue weighted by Gasteiger charge is -2.20. The number of nitrogens with zero attached hydrogens (tertiary/aromatic N) is 3. The van der Waals surface area contributed by atoms with Crippen molar-refractivity contribution in [2.45, 2.75) is 13.3 Å². The van der Waals surface area contributed by atoms with Crippen molar-refractivity contribution in [2.75, 3.05) is 38.6 Å². The summed E-state index contributed by atoms with van der Waals surface area (Å²) < 4.78 is 0. The van der Waals surface area contributed by atoms with Gasteiger partial charge in [0.2, 0.25) is 11.8 Å². The summed E-state index contributed by atoms with van der Waals surface area (Å²) in [5, 5.41) is 11.6. The molecule has 0 aliphatic rings. The molecule has 0 unspecified atom stereocenters. The van der Waals surface area contributed by atoms with E-state index in [1.54, 1.807) is 24.3 Å². The molecular weight excluding hydrogens is 280 g/mol. The molecule has 0 aliphatic heterocycles. The molecule has 0 heterocycles. The minimum atomic E-state index is -0.215. The normalized spacial score (nSPS) is 10.1. The Morgan fingerprint density at radius 3 is 2.36 bits per heavy atom. The number of carbonyl (C=O) groups is 2. The molecule has 1 aromatic rings. The van der Waals surface area contributed by atoms with Gasteiger partial charge in [0.05, 0.1) is 11.6 Å². The van der Waals surface area contributed by atoms with Crippen molar-refractivity contribution in [1.29, 1.82) is 5.26 Å². The SMILES string of the molecule is CC(=O)N(CC(=O)NCCCN(C)C)c1ccc(C#N)cc1. The topological polar surface area (TPSA) is 76.4 Å². The van der Waals surface area contributed by atoms with Crippen LogP contribution < -0.4 is 10.2 Å². The lowest BCUT2D eigenvalue weighted by molar-refractivity contribution is -0.123. The molecule has 0 bridgehead atoms. The van der Waals surface area contributed by atoms with E-state index in [1.807, 2.05) is 25.1 Å². The maximum Gasteiger partial charge on any atom is 0.240 e. The van der Waals surface area contributed by atoms with Crippen molar-refractivity contribution < 1.29 is 9.59 Å². The molecule has 118 valence electrons. The van der Waals surface area contributed by atoms with E-state index in [-0.39, 0.29) is 18.4 Å². The lowest BCUT2D eigenvalue weighted by Crippen LogP contribution is -2.40. The maximum absolute atomic E-state index is 11.9. The Hall–Kier alpha value is -2.39. The Morgan fingerprint density at radius 1 is 1.23 bits per heavy atom. The summed E-state index contributed by atoms with van der Waals surface area (Å²) in [7, 11) is 3.95. The third-order valence-electron chi connectivity index (χ3n) is 3.09. The summed E-state index contributed by atoms with van der Waals surface area (Å²) >= 11 is 0. The number of nitrogens with one attached hydrogen (secondary N) is 1. The fourth-order valence-corrected chi connectivity index (χ4v) is 1.92. The average molecular weight is 302 g/mol. The molecule has 1 aromatic carbocycles. The third-order valence-corrected chi connectivity index (χ3v) is 3.09. The molecule has 0 fully saturated rings. The standard InChI is InChI=1S/C16H22N4O2/c1-13(21)20(15-7-5-14(11-17)6-8-15)12-16(22)18-9-4-10-19(2)3/h5-8H,4,9-10,12H2,1-3H3,(H,18,22). The smallest absolute Gasteiger partial charge is 0.240 e. The fourth-order valence-electron chi connectivity index (χ4n) is 1.92. The van der Waals surface area contributed by atoms with Crippen LogP contribution in [0, 0.1) is 11.3 Å². The monoisotopic (exact) mass is 302 g/mol. The number of nitriles is 1. The third kappa shape index (κ3) is 5.94. The van der Waals surface area contributed by atoms with Crippen molar-refractivity contribution in [1.82, 2.24) is 10.2 Å². The molecule has 0 saturated heterocycles. The van der Waals surface area contributed by atoms with Crippen molar-refractivity contribution in [3.8, 4) is 6.07 Å². The van der Waals surface area contributed by atoms with Crippen LogP contribution in [0.4, 0.5) is 5.69 Å². The Labute approximate surface area is 131 Å². The van der Waals surface area contributed by atoms with Crippen LogP contribution >= 0.6 is 0 Å². The summed E-state index contributed by atoms with van der Waals surface area (Å²) in [6.07, 6.45) is 0.857. The first-order valence-electron chi connectivity index (χ1n) is 7.13. The molecule has 0 spiro atoms. The number of hydrogen-bond donors (Lipinski definition) is 1. The molecule has 2 amide bonds. The van der Waals surface area contributed by atoms with Gasteiger partial charge in [-0.1, -0.05) is 0 Å². The summed E-state index contributed by atoms with van der Waals surface area (Å²) in [6.45, 7) is 2.86. The Morgan fingerprint density at radius 2 is 1.86 bits per heavy atom. The molecule has 0 aliphatic carbocycles. The highest BCUT2D eigenvalue weighted by molar-refractivity contribution is 5.97. The van der Waals surface area contributed by atoms with Gasteiger partial charge >= 0.3 is 0 Å². The number of rotatable bonds is 7. The first-order chi connectivity index (χ1) is 10.4. The number of benzene rings is 1. The van der Waals surface area contributed by atoms with Crippen LogP contribution in [-0.4, -0.2) is 50.4 Å². The van der Waals surface area contributed by atoms with Gasteiger partial charge in [-0.3, -0.25) is 9.59 Å². The zero-order chi connectivity index (χ0) is 16.5. The minimum absolute atomic E-state index is 0.0246. The van der Waals surface area contributed by atoms with Crippen LogP contribution in [0.25, 0.3) is 0 Å². The van der Waals surface area contributed by atoms with Gasteiger partial charge in [0.1, 0.15) is 6.54 Å². The van der Waals surface area contributed by atoms with Crippen LogP contribution in [0.1, 0.15) is 18.9 Å². The molecule has 0 atom stereocenters. The second-order valence-electron chi connectivity index (χ2n) is 5.27. The van der Waals surface area contributed by atoms with E-state index in [0.29, 0.717) is 17.8 Å². The van der Waals surface area contributed by atoms with E-state index in [2.05, 4.69) is 5.32 Å². The van der Waals surface area contributed by atoms with E-state index in [9.17, 15) is 9.59 Å². The minimum Gasteiger partial charge on any atom is -0.355 e. The molecule has 6 heteroatoms. The largest absolute Gasteiger partial charge is 0.355 e.